The Morgan fingerprint density at radius 3 is 2.20 bits per heavy atom. The van der Waals surface area contributed by atoms with Crippen LogP contribution < -0.4 is 0 Å². The molecule has 0 aromatic heterocycles. The summed E-state index contributed by atoms with van der Waals surface area (Å²) in [5.41, 5.74) is 0.738. The molecule has 7 saturated carbocycles. The first-order valence-corrected chi connectivity index (χ1v) is 23.2. The number of carbonyl (C=O) groups excluding carboxylic acids is 2. The van der Waals surface area contributed by atoms with Crippen molar-refractivity contribution in [3.05, 3.63) is 11.6 Å². The molecule has 5 heteroatoms. The number of carboxylic acids is 1. The normalized spacial score (nSPS) is 51.3. The monoisotopic (exact) mass is 759 g/mol. The zero-order valence-electron chi connectivity index (χ0n) is 36.7. The largest absolute Gasteiger partial charge is 0.481 e. The van der Waals surface area contributed by atoms with E-state index in [4.69, 9.17) is 0 Å². The number of ketones is 2. The van der Waals surface area contributed by atoms with Crippen LogP contribution in [0.2, 0.25) is 0 Å². The van der Waals surface area contributed by atoms with Gasteiger partial charge < -0.3 is 10.2 Å². The molecule has 0 aliphatic heterocycles. The Morgan fingerprint density at radius 1 is 0.800 bits per heavy atom. The van der Waals surface area contributed by atoms with Gasteiger partial charge in [0.2, 0.25) is 0 Å². The molecule has 14 atom stereocenters. The molecule has 0 amide bonds. The number of aliphatic carboxylic acids is 1. The van der Waals surface area contributed by atoms with Crippen LogP contribution in [0.3, 0.4) is 0 Å². The molecule has 8 rings (SSSR count). The van der Waals surface area contributed by atoms with Crippen LogP contribution in [-0.4, -0.2) is 33.3 Å². The topological polar surface area (TPSA) is 91.7 Å². The molecule has 0 saturated heterocycles. The summed E-state index contributed by atoms with van der Waals surface area (Å²) in [7, 11) is 0. The molecule has 8 aliphatic rings. The van der Waals surface area contributed by atoms with Gasteiger partial charge in [0.05, 0.1) is 11.0 Å². The predicted octanol–water partition coefficient (Wildman–Crippen LogP) is 11.8. The van der Waals surface area contributed by atoms with E-state index in [1.807, 2.05) is 6.92 Å². The Kier molecular flexibility index (Phi) is 9.17. The smallest absolute Gasteiger partial charge is 0.310 e. The van der Waals surface area contributed by atoms with E-state index >= 15 is 0 Å². The van der Waals surface area contributed by atoms with E-state index < -0.39 is 22.9 Å². The van der Waals surface area contributed by atoms with Gasteiger partial charge in [0.25, 0.3) is 0 Å². The molecule has 0 radical (unpaired) electrons. The Morgan fingerprint density at radius 2 is 1.49 bits per heavy atom. The number of carbonyl (C=O) groups is 3. The number of hydrogen-bond donors (Lipinski definition) is 2. The van der Waals surface area contributed by atoms with Crippen LogP contribution in [0, 0.1) is 84.7 Å². The van der Waals surface area contributed by atoms with Gasteiger partial charge in [-0.05, 0) is 185 Å². The number of allylic oxidation sites excluding steroid dienone is 2. The molecule has 0 bridgehead atoms. The van der Waals surface area contributed by atoms with Crippen LogP contribution in [0.15, 0.2) is 11.6 Å². The SMILES string of the molecule is C[C@H](CC(=O)[C@H]1CC=C(CC[C@@H]2[C@@]3(C)CCCC(C)(C)C3CC[C@@]2(C)O)C[C@]1(C)C(=O)O)[C@H]1CC[C@@]2(C)[C@@H]3CC[C@H]4C(C)(C)C(=O)CC[C@@]45C[C@@]35CC[C@]12C. The molecular weight excluding hydrogens is 681 g/mol. The first-order valence-electron chi connectivity index (χ1n) is 23.2. The van der Waals surface area contributed by atoms with Gasteiger partial charge in [-0.3, -0.25) is 14.4 Å². The van der Waals surface area contributed by atoms with Gasteiger partial charge in [0.15, 0.2) is 0 Å². The highest BCUT2D eigenvalue weighted by Crippen LogP contribution is 2.89. The number of fused-ring (bicyclic) bond motifs is 3. The van der Waals surface area contributed by atoms with Crippen LogP contribution >= 0.6 is 0 Å². The van der Waals surface area contributed by atoms with Crippen LogP contribution in [0.4, 0.5) is 0 Å². The summed E-state index contributed by atoms with van der Waals surface area (Å²) in [4.78, 5) is 40.7. The first-order chi connectivity index (χ1) is 25.5. The second-order valence-electron chi connectivity index (χ2n) is 24.4. The third kappa shape index (κ3) is 5.40. The Labute approximate surface area is 334 Å². The van der Waals surface area contributed by atoms with Crippen molar-refractivity contribution in [2.75, 3.05) is 0 Å². The molecule has 0 heterocycles. The van der Waals surface area contributed by atoms with E-state index in [9.17, 15) is 24.6 Å². The van der Waals surface area contributed by atoms with Crippen LogP contribution in [0.5, 0.6) is 0 Å². The van der Waals surface area contributed by atoms with Crippen molar-refractivity contribution in [2.24, 2.45) is 84.7 Å². The molecule has 308 valence electrons. The highest BCUT2D eigenvalue weighted by molar-refractivity contribution is 5.89. The Balaban J connectivity index is 0.954. The lowest BCUT2D eigenvalue weighted by Crippen LogP contribution is -2.57. The molecule has 5 nitrogen and oxygen atoms in total. The molecule has 2 spiro atoms. The lowest BCUT2D eigenvalue weighted by molar-refractivity contribution is -0.169. The maximum Gasteiger partial charge on any atom is 0.310 e. The van der Waals surface area contributed by atoms with Crippen molar-refractivity contribution in [3.8, 4) is 0 Å². The highest BCUT2D eigenvalue weighted by Gasteiger charge is 2.82. The summed E-state index contributed by atoms with van der Waals surface area (Å²) in [6, 6.07) is 0. The van der Waals surface area contributed by atoms with E-state index in [-0.39, 0.29) is 44.7 Å². The standard InChI is InChI=1S/C50H78O5/c1-31(33-18-23-47(9)39-17-16-37-43(4,5)40(52)20-25-49(37)30-50(39,49)27-26-46(33,47)8)28-35(51)34-14-12-32(29-45(34,7)41(53)54)13-15-38-44(6)22-11-21-42(2,3)36(44)19-24-48(38,10)55/h12,31,33-34,36-39,55H,11,13-30H2,1-10H3,(H,53,54)/t31-,33-,34-,36?,37+,38-,39+,44+,45+,46-,47+,48-,49-,50+/m1/s1. The summed E-state index contributed by atoms with van der Waals surface area (Å²) < 4.78 is 0. The summed E-state index contributed by atoms with van der Waals surface area (Å²) in [5.74, 6) is 2.04. The second-order valence-corrected chi connectivity index (χ2v) is 24.4. The van der Waals surface area contributed by atoms with Gasteiger partial charge in [-0.1, -0.05) is 73.5 Å². The van der Waals surface area contributed by atoms with Crippen LogP contribution in [-0.2, 0) is 14.4 Å². The van der Waals surface area contributed by atoms with E-state index in [2.05, 4.69) is 68.4 Å². The molecule has 2 N–H and O–H groups in total. The van der Waals surface area contributed by atoms with Gasteiger partial charge in [0, 0.05) is 24.2 Å². The fourth-order valence-electron chi connectivity index (χ4n) is 18.4. The molecule has 55 heavy (non-hydrogen) atoms. The van der Waals surface area contributed by atoms with E-state index in [0.717, 1.165) is 44.9 Å². The Bertz CT molecular complexity index is 1650. The lowest BCUT2D eigenvalue weighted by atomic mass is 9.42. The second kappa shape index (κ2) is 12.5. The molecule has 7 fully saturated rings. The van der Waals surface area contributed by atoms with Crippen LogP contribution in [0.25, 0.3) is 0 Å². The van der Waals surface area contributed by atoms with Crippen molar-refractivity contribution >= 4 is 17.5 Å². The molecular formula is C50H78O5. The quantitative estimate of drug-likeness (QED) is 0.241. The van der Waals surface area contributed by atoms with Crippen LogP contribution in [0.1, 0.15) is 191 Å². The van der Waals surface area contributed by atoms with Gasteiger partial charge >= 0.3 is 5.97 Å². The van der Waals surface area contributed by atoms with Gasteiger partial charge in [0.1, 0.15) is 11.6 Å². The summed E-state index contributed by atoms with van der Waals surface area (Å²) >= 11 is 0. The Hall–Kier alpha value is -1.49. The average molecular weight is 759 g/mol. The predicted molar refractivity (Wildman–Crippen MR) is 219 cm³/mol. The lowest BCUT2D eigenvalue weighted by Gasteiger charge is -2.62. The van der Waals surface area contributed by atoms with E-state index in [1.54, 1.807) is 0 Å². The van der Waals surface area contributed by atoms with Crippen molar-refractivity contribution in [2.45, 2.75) is 197 Å². The van der Waals surface area contributed by atoms with Crippen molar-refractivity contribution in [1.29, 1.82) is 0 Å². The van der Waals surface area contributed by atoms with E-state index in [0.29, 0.717) is 59.5 Å². The first kappa shape index (κ1) is 40.3. The third-order valence-corrected chi connectivity index (χ3v) is 21.5. The third-order valence-electron chi connectivity index (χ3n) is 21.5. The summed E-state index contributed by atoms with van der Waals surface area (Å²) in [6.07, 6.45) is 21.4. The fourth-order valence-corrected chi connectivity index (χ4v) is 18.4. The molecule has 8 aliphatic carbocycles. The highest BCUT2D eigenvalue weighted by atomic mass is 16.4. The minimum atomic E-state index is -1.10. The number of carboxylic acid groups (broad SMARTS) is 1. The number of rotatable bonds is 8. The fraction of sp³-hybridized carbons (Fsp3) is 0.900. The zero-order chi connectivity index (χ0) is 40.0. The van der Waals surface area contributed by atoms with E-state index in [1.165, 1.54) is 63.4 Å². The van der Waals surface area contributed by atoms with Gasteiger partial charge in [-0.2, -0.15) is 0 Å². The molecule has 1 unspecified atom stereocenters. The minimum Gasteiger partial charge on any atom is -0.481 e. The maximum absolute atomic E-state index is 14.5. The minimum absolute atomic E-state index is 0.0854. The molecule has 0 aromatic carbocycles. The summed E-state index contributed by atoms with van der Waals surface area (Å²) in [5, 5.41) is 22.6. The maximum atomic E-state index is 14.5. The van der Waals surface area contributed by atoms with Crippen molar-refractivity contribution in [3.63, 3.8) is 0 Å². The average Bonchev–Trinajstić information content (AvgIpc) is 3.67. The number of hydrogen-bond acceptors (Lipinski definition) is 4. The zero-order valence-corrected chi connectivity index (χ0v) is 36.7. The van der Waals surface area contributed by atoms with Crippen molar-refractivity contribution < 1.29 is 24.6 Å². The number of Topliss-reactive ketones (excluding diaryl/α,β-unsaturated/α-hetero) is 2. The van der Waals surface area contributed by atoms with Crippen molar-refractivity contribution in [1.82, 2.24) is 0 Å². The van der Waals surface area contributed by atoms with Gasteiger partial charge in [-0.25, -0.2) is 0 Å². The molecule has 0 aromatic rings. The number of aliphatic hydroxyl groups is 1. The van der Waals surface area contributed by atoms with Gasteiger partial charge in [-0.15, -0.1) is 0 Å². The summed E-state index contributed by atoms with van der Waals surface area (Å²) in [6.45, 7) is 23.2.